The van der Waals surface area contributed by atoms with E-state index in [0.717, 1.165) is 0 Å². The number of pyridine rings is 1. The molecule has 0 unspecified atom stereocenters. The largest absolute Gasteiger partial charge is 0.493 e. The van der Waals surface area contributed by atoms with Crippen molar-refractivity contribution in [1.29, 1.82) is 0 Å². The summed E-state index contributed by atoms with van der Waals surface area (Å²) in [7, 11) is 1.43. The van der Waals surface area contributed by atoms with Crippen LogP contribution >= 0.6 is 0 Å². The summed E-state index contributed by atoms with van der Waals surface area (Å²) in [5, 5.41) is 3.82. The molecule has 0 aliphatic heterocycles. The van der Waals surface area contributed by atoms with Gasteiger partial charge in [0.2, 0.25) is 0 Å². The number of hydrazone groups is 1. The number of amides is 1. The van der Waals surface area contributed by atoms with E-state index in [9.17, 15) is 14.0 Å². The zero-order valence-electron chi connectivity index (χ0n) is 16.4. The molecule has 0 fully saturated rings. The Morgan fingerprint density at radius 1 is 1.10 bits per heavy atom. The molecule has 1 amide bonds. The van der Waals surface area contributed by atoms with Crippen LogP contribution < -0.4 is 19.6 Å². The van der Waals surface area contributed by atoms with Gasteiger partial charge in [-0.3, -0.25) is 9.78 Å². The first-order valence-corrected chi connectivity index (χ1v) is 9.06. The molecule has 0 radical (unpaired) electrons. The average Bonchev–Trinajstić information content (AvgIpc) is 2.80. The Kier molecular flexibility index (Phi) is 7.26. The number of methoxy groups -OCH3 is 1. The molecule has 0 aliphatic rings. The summed E-state index contributed by atoms with van der Waals surface area (Å²) in [5.41, 5.74) is 3.16. The molecular formula is C22H18FN3O5. The predicted octanol–water partition coefficient (Wildman–Crippen LogP) is 2.98. The lowest BCUT2D eigenvalue weighted by molar-refractivity contribution is -0.123. The van der Waals surface area contributed by atoms with Gasteiger partial charge < -0.3 is 14.2 Å². The second kappa shape index (κ2) is 10.5. The maximum atomic E-state index is 13.5. The molecule has 3 aromatic rings. The normalized spacial score (nSPS) is 10.5. The monoisotopic (exact) mass is 423 g/mol. The number of benzene rings is 2. The van der Waals surface area contributed by atoms with Crippen LogP contribution in [0.3, 0.4) is 0 Å². The van der Waals surface area contributed by atoms with Gasteiger partial charge in [-0.2, -0.15) is 5.10 Å². The summed E-state index contributed by atoms with van der Waals surface area (Å²) < 4.78 is 29.1. The van der Waals surface area contributed by atoms with Gasteiger partial charge in [-0.25, -0.2) is 14.6 Å². The number of hydrogen-bond acceptors (Lipinski definition) is 7. The molecule has 1 aromatic heterocycles. The summed E-state index contributed by atoms with van der Waals surface area (Å²) in [6, 6.07) is 13.7. The molecular weight excluding hydrogens is 405 g/mol. The number of nitrogens with zero attached hydrogens (tertiary/aromatic N) is 2. The van der Waals surface area contributed by atoms with Crippen molar-refractivity contribution in [2.45, 2.75) is 0 Å². The van der Waals surface area contributed by atoms with E-state index >= 15 is 0 Å². The molecule has 1 heterocycles. The van der Waals surface area contributed by atoms with Crippen molar-refractivity contribution in [3.63, 3.8) is 0 Å². The number of halogens is 1. The summed E-state index contributed by atoms with van der Waals surface area (Å²) in [5.74, 6) is -1.20. The fourth-order valence-electron chi connectivity index (χ4n) is 2.41. The summed E-state index contributed by atoms with van der Waals surface area (Å²) in [6.45, 7) is -0.398. The van der Waals surface area contributed by atoms with Crippen LogP contribution in [0, 0.1) is 5.82 Å². The molecule has 0 atom stereocenters. The van der Waals surface area contributed by atoms with Gasteiger partial charge in [0.25, 0.3) is 5.91 Å². The second-order valence-electron chi connectivity index (χ2n) is 6.05. The van der Waals surface area contributed by atoms with Gasteiger partial charge in [0.15, 0.2) is 29.7 Å². The number of nitrogens with one attached hydrogen (secondary N) is 1. The molecule has 0 aliphatic carbocycles. The molecule has 0 saturated heterocycles. The number of ether oxygens (including phenoxy) is 3. The Morgan fingerprint density at radius 3 is 2.68 bits per heavy atom. The summed E-state index contributed by atoms with van der Waals surface area (Å²) in [6.07, 6.45) is 4.32. The number of para-hydroxylation sites is 1. The number of carbonyl (C=O) groups is 2. The van der Waals surface area contributed by atoms with Crippen molar-refractivity contribution in [2.24, 2.45) is 5.10 Å². The lowest BCUT2D eigenvalue weighted by atomic mass is 10.2. The van der Waals surface area contributed by atoms with Crippen molar-refractivity contribution < 1.29 is 28.2 Å². The van der Waals surface area contributed by atoms with Crippen molar-refractivity contribution in [3.8, 4) is 17.2 Å². The zero-order valence-corrected chi connectivity index (χ0v) is 16.4. The fourth-order valence-corrected chi connectivity index (χ4v) is 2.41. The topological polar surface area (TPSA) is 99.1 Å². The van der Waals surface area contributed by atoms with Gasteiger partial charge in [0, 0.05) is 12.4 Å². The molecule has 8 nitrogen and oxygen atoms in total. The molecule has 0 saturated carbocycles. The Morgan fingerprint density at radius 2 is 1.94 bits per heavy atom. The lowest BCUT2D eigenvalue weighted by Gasteiger charge is -2.09. The first-order valence-electron chi connectivity index (χ1n) is 9.06. The van der Waals surface area contributed by atoms with Crippen molar-refractivity contribution >= 4 is 18.1 Å². The summed E-state index contributed by atoms with van der Waals surface area (Å²) >= 11 is 0. The number of esters is 1. The highest BCUT2D eigenvalue weighted by Gasteiger charge is 2.13. The van der Waals surface area contributed by atoms with E-state index in [-0.39, 0.29) is 11.5 Å². The van der Waals surface area contributed by atoms with E-state index in [2.05, 4.69) is 15.5 Å². The standard InChI is InChI=1S/C22H18FN3O5/c1-29-20-11-15(8-9-19(20)31-22(28)16-5-4-10-24-13-16)12-25-26-21(27)14-30-18-7-3-2-6-17(18)23/h2-13H,14H2,1H3,(H,26,27)/b25-12+. The van der Waals surface area contributed by atoms with Crippen LogP contribution in [-0.4, -0.2) is 36.8 Å². The molecule has 3 rings (SSSR count). The minimum atomic E-state index is -0.574. The smallest absolute Gasteiger partial charge is 0.345 e. The first kappa shape index (κ1) is 21.4. The van der Waals surface area contributed by atoms with E-state index in [1.807, 2.05) is 0 Å². The van der Waals surface area contributed by atoms with Gasteiger partial charge in [-0.05, 0) is 48.0 Å². The lowest BCUT2D eigenvalue weighted by Crippen LogP contribution is -2.24. The maximum Gasteiger partial charge on any atom is 0.345 e. The molecule has 0 spiro atoms. The Hall–Kier alpha value is -4.27. The minimum Gasteiger partial charge on any atom is -0.493 e. The molecule has 31 heavy (non-hydrogen) atoms. The third-order valence-corrected chi connectivity index (χ3v) is 3.89. The zero-order chi connectivity index (χ0) is 22.1. The van der Waals surface area contributed by atoms with Gasteiger partial charge >= 0.3 is 5.97 Å². The molecule has 158 valence electrons. The van der Waals surface area contributed by atoms with Crippen LogP contribution in [-0.2, 0) is 4.79 Å². The fraction of sp³-hybridized carbons (Fsp3) is 0.0909. The number of rotatable bonds is 8. The van der Waals surface area contributed by atoms with Crippen LogP contribution in [0.2, 0.25) is 0 Å². The quantitative estimate of drug-likeness (QED) is 0.259. The maximum absolute atomic E-state index is 13.5. The van der Waals surface area contributed by atoms with Gasteiger partial charge in [-0.1, -0.05) is 12.1 Å². The highest BCUT2D eigenvalue weighted by molar-refractivity contribution is 5.91. The van der Waals surface area contributed by atoms with Gasteiger partial charge in [0.1, 0.15) is 0 Å². The van der Waals surface area contributed by atoms with E-state index < -0.39 is 24.3 Å². The van der Waals surface area contributed by atoms with Crippen LogP contribution in [0.1, 0.15) is 15.9 Å². The third kappa shape index (κ3) is 6.10. The van der Waals surface area contributed by atoms with E-state index in [1.165, 1.54) is 43.8 Å². The number of hydrogen-bond donors (Lipinski definition) is 1. The van der Waals surface area contributed by atoms with Crippen molar-refractivity contribution in [1.82, 2.24) is 10.4 Å². The molecule has 2 aromatic carbocycles. The van der Waals surface area contributed by atoms with E-state index in [4.69, 9.17) is 14.2 Å². The van der Waals surface area contributed by atoms with Gasteiger partial charge in [0.05, 0.1) is 18.9 Å². The van der Waals surface area contributed by atoms with Crippen LogP contribution in [0.15, 0.2) is 72.1 Å². The van der Waals surface area contributed by atoms with Crippen LogP contribution in [0.25, 0.3) is 0 Å². The number of carbonyl (C=O) groups excluding carboxylic acids is 2. The molecule has 9 heteroatoms. The first-order chi connectivity index (χ1) is 15.1. The van der Waals surface area contributed by atoms with E-state index in [1.54, 1.807) is 36.5 Å². The highest BCUT2D eigenvalue weighted by Crippen LogP contribution is 2.28. The highest BCUT2D eigenvalue weighted by atomic mass is 19.1. The Balaban J connectivity index is 1.56. The Labute approximate surface area is 177 Å². The summed E-state index contributed by atoms with van der Waals surface area (Å²) in [4.78, 5) is 27.8. The third-order valence-electron chi connectivity index (χ3n) is 3.89. The van der Waals surface area contributed by atoms with Crippen LogP contribution in [0.5, 0.6) is 17.2 Å². The van der Waals surface area contributed by atoms with Gasteiger partial charge in [-0.15, -0.1) is 0 Å². The SMILES string of the molecule is COc1cc(/C=N/NC(=O)COc2ccccc2F)ccc1OC(=O)c1cccnc1. The minimum absolute atomic E-state index is 0.0252. The number of aromatic nitrogens is 1. The predicted molar refractivity (Wildman–Crippen MR) is 110 cm³/mol. The van der Waals surface area contributed by atoms with Crippen LogP contribution in [0.4, 0.5) is 4.39 Å². The van der Waals surface area contributed by atoms with E-state index in [0.29, 0.717) is 16.9 Å². The Bertz CT molecular complexity index is 1090. The second-order valence-corrected chi connectivity index (χ2v) is 6.05. The van der Waals surface area contributed by atoms with Crippen molar-refractivity contribution in [2.75, 3.05) is 13.7 Å². The average molecular weight is 423 g/mol. The molecule has 1 N–H and O–H groups in total. The van der Waals surface area contributed by atoms with Crippen molar-refractivity contribution in [3.05, 3.63) is 83.9 Å². The molecule has 0 bridgehead atoms.